The van der Waals surface area contributed by atoms with Crippen LogP contribution in [0.25, 0.3) is 0 Å². The summed E-state index contributed by atoms with van der Waals surface area (Å²) in [5.74, 6) is 0. The van der Waals surface area contributed by atoms with Crippen LogP contribution in [0.4, 0.5) is 0 Å². The summed E-state index contributed by atoms with van der Waals surface area (Å²) in [7, 11) is 0. The highest BCUT2D eigenvalue weighted by atomic mass is 14.7. The molecule has 0 bridgehead atoms. The fourth-order valence-electron chi connectivity index (χ4n) is 3.00. The monoisotopic (exact) mass is 232 g/mol. The normalized spacial score (nSPS) is 20.5. The molecule has 2 N–H and O–H groups in total. The third kappa shape index (κ3) is 3.53. The van der Waals surface area contributed by atoms with Crippen molar-refractivity contribution in [1.82, 2.24) is 4.98 Å². The molecule has 0 saturated heterocycles. The Bertz CT molecular complexity index is 313. The zero-order chi connectivity index (χ0) is 12.0. The van der Waals surface area contributed by atoms with Gasteiger partial charge >= 0.3 is 0 Å². The predicted octanol–water partition coefficient (Wildman–Crippen LogP) is 3.31. The van der Waals surface area contributed by atoms with E-state index in [1.165, 1.54) is 50.6 Å². The first-order chi connectivity index (χ1) is 8.35. The first-order valence-corrected chi connectivity index (χ1v) is 6.95. The highest BCUT2D eigenvalue weighted by Crippen LogP contribution is 2.36. The van der Waals surface area contributed by atoms with Crippen LogP contribution in [0.1, 0.15) is 50.6 Å². The van der Waals surface area contributed by atoms with Crippen LogP contribution < -0.4 is 5.73 Å². The molecule has 0 unspecified atom stereocenters. The van der Waals surface area contributed by atoms with Crippen LogP contribution in [0, 0.1) is 5.41 Å². The molecule has 0 atom stereocenters. The van der Waals surface area contributed by atoms with Gasteiger partial charge in [-0.2, -0.15) is 0 Å². The van der Waals surface area contributed by atoms with E-state index in [0.717, 1.165) is 13.0 Å². The molecule has 0 amide bonds. The van der Waals surface area contributed by atoms with E-state index in [2.05, 4.69) is 17.1 Å². The topological polar surface area (TPSA) is 38.9 Å². The van der Waals surface area contributed by atoms with E-state index in [1.807, 2.05) is 12.3 Å². The Balaban J connectivity index is 2.06. The number of nitrogens with zero attached hydrogens (tertiary/aromatic N) is 1. The number of rotatable bonds is 3. The van der Waals surface area contributed by atoms with Crippen molar-refractivity contribution in [3.8, 4) is 0 Å². The lowest BCUT2D eigenvalue weighted by molar-refractivity contribution is 0.215. The molecule has 0 spiro atoms. The summed E-state index contributed by atoms with van der Waals surface area (Å²) < 4.78 is 0. The maximum absolute atomic E-state index is 6.08. The van der Waals surface area contributed by atoms with E-state index in [0.29, 0.717) is 5.41 Å². The molecule has 17 heavy (non-hydrogen) atoms. The third-order valence-electron chi connectivity index (χ3n) is 4.13. The minimum absolute atomic E-state index is 0.314. The molecule has 2 nitrogen and oxygen atoms in total. The molecule has 1 heterocycles. The Morgan fingerprint density at radius 2 is 1.76 bits per heavy atom. The van der Waals surface area contributed by atoms with Gasteiger partial charge in [0.2, 0.25) is 0 Å². The van der Waals surface area contributed by atoms with Gasteiger partial charge in [0.15, 0.2) is 0 Å². The Hall–Kier alpha value is -0.890. The maximum Gasteiger partial charge on any atom is 0.0409 e. The van der Waals surface area contributed by atoms with Crippen molar-refractivity contribution in [2.24, 2.45) is 11.1 Å². The summed E-state index contributed by atoms with van der Waals surface area (Å²) in [4.78, 5) is 4.46. The third-order valence-corrected chi connectivity index (χ3v) is 4.13. The van der Waals surface area contributed by atoms with E-state index in [1.54, 1.807) is 0 Å². The molecular formula is C15H24N2. The molecule has 0 aromatic carbocycles. The van der Waals surface area contributed by atoms with Crippen molar-refractivity contribution in [2.75, 3.05) is 6.54 Å². The second-order valence-corrected chi connectivity index (χ2v) is 5.47. The molecule has 1 aliphatic rings. The Morgan fingerprint density at radius 3 is 2.35 bits per heavy atom. The minimum atomic E-state index is 0.314. The Kier molecular flexibility index (Phi) is 4.55. The van der Waals surface area contributed by atoms with Gasteiger partial charge in [-0.15, -0.1) is 0 Å². The lowest BCUT2D eigenvalue weighted by Crippen LogP contribution is -2.33. The van der Waals surface area contributed by atoms with Crippen molar-refractivity contribution < 1.29 is 0 Å². The summed E-state index contributed by atoms with van der Waals surface area (Å²) in [5, 5.41) is 0. The largest absolute Gasteiger partial charge is 0.330 e. The van der Waals surface area contributed by atoms with Crippen LogP contribution in [0.3, 0.4) is 0 Å². The first kappa shape index (κ1) is 12.6. The van der Waals surface area contributed by atoms with E-state index in [-0.39, 0.29) is 0 Å². The van der Waals surface area contributed by atoms with Gasteiger partial charge in [-0.1, -0.05) is 38.2 Å². The van der Waals surface area contributed by atoms with Crippen LogP contribution in [0.5, 0.6) is 0 Å². The highest BCUT2D eigenvalue weighted by molar-refractivity contribution is 5.07. The minimum Gasteiger partial charge on any atom is -0.330 e. The molecule has 0 aliphatic heterocycles. The first-order valence-electron chi connectivity index (χ1n) is 6.95. The second-order valence-electron chi connectivity index (χ2n) is 5.47. The number of nitrogens with two attached hydrogens (primary N) is 1. The summed E-state index contributed by atoms with van der Waals surface area (Å²) in [6.45, 7) is 0.809. The van der Waals surface area contributed by atoms with E-state index in [4.69, 9.17) is 5.73 Å². The standard InChI is InChI=1S/C15H24N2/c16-13-15(9-5-2-1-3-6-10-15)12-14-8-4-7-11-17-14/h4,7-8,11H,1-3,5-6,9-10,12-13,16H2. The summed E-state index contributed by atoms with van der Waals surface area (Å²) >= 11 is 0. The maximum atomic E-state index is 6.08. The lowest BCUT2D eigenvalue weighted by atomic mass is 9.73. The highest BCUT2D eigenvalue weighted by Gasteiger charge is 2.29. The van der Waals surface area contributed by atoms with Crippen molar-refractivity contribution in [2.45, 2.75) is 51.4 Å². The Labute approximate surface area is 105 Å². The van der Waals surface area contributed by atoms with Gasteiger partial charge in [0.25, 0.3) is 0 Å². The Morgan fingerprint density at radius 1 is 1.06 bits per heavy atom. The summed E-state index contributed by atoms with van der Waals surface area (Å²) in [5.41, 5.74) is 7.60. The van der Waals surface area contributed by atoms with Crippen molar-refractivity contribution in [1.29, 1.82) is 0 Å². The van der Waals surface area contributed by atoms with Crippen LogP contribution in [-0.4, -0.2) is 11.5 Å². The van der Waals surface area contributed by atoms with Crippen LogP contribution in [0.2, 0.25) is 0 Å². The average Bonchev–Trinajstić information content (AvgIpc) is 2.34. The van der Waals surface area contributed by atoms with Gasteiger partial charge in [-0.3, -0.25) is 4.98 Å². The van der Waals surface area contributed by atoms with Gasteiger partial charge in [0.05, 0.1) is 0 Å². The molecule has 0 radical (unpaired) electrons. The number of pyridine rings is 1. The molecule has 1 aromatic heterocycles. The van der Waals surface area contributed by atoms with Crippen LogP contribution in [-0.2, 0) is 6.42 Å². The number of aromatic nitrogens is 1. The van der Waals surface area contributed by atoms with Gasteiger partial charge in [0, 0.05) is 11.9 Å². The zero-order valence-electron chi connectivity index (χ0n) is 10.7. The molecule has 2 heteroatoms. The number of hydrogen-bond acceptors (Lipinski definition) is 2. The van der Waals surface area contributed by atoms with Gasteiger partial charge in [-0.25, -0.2) is 0 Å². The van der Waals surface area contributed by atoms with Crippen molar-refractivity contribution in [3.05, 3.63) is 30.1 Å². The predicted molar refractivity (Wildman–Crippen MR) is 71.7 cm³/mol. The lowest BCUT2D eigenvalue weighted by Gasteiger charge is -2.34. The SMILES string of the molecule is NCC1(Cc2ccccn2)CCCCCCC1. The second kappa shape index (κ2) is 6.15. The average molecular weight is 232 g/mol. The quantitative estimate of drug-likeness (QED) is 0.868. The fourth-order valence-corrected chi connectivity index (χ4v) is 3.00. The molecule has 2 rings (SSSR count). The smallest absolute Gasteiger partial charge is 0.0409 e. The van der Waals surface area contributed by atoms with E-state index < -0.39 is 0 Å². The summed E-state index contributed by atoms with van der Waals surface area (Å²) in [6, 6.07) is 6.20. The summed E-state index contributed by atoms with van der Waals surface area (Å²) in [6.07, 6.45) is 12.3. The number of hydrogen-bond donors (Lipinski definition) is 1. The van der Waals surface area contributed by atoms with Gasteiger partial charge in [-0.05, 0) is 43.4 Å². The molecule has 1 saturated carbocycles. The van der Waals surface area contributed by atoms with E-state index in [9.17, 15) is 0 Å². The molecule has 1 fully saturated rings. The molecule has 1 aromatic rings. The molecular weight excluding hydrogens is 208 g/mol. The van der Waals surface area contributed by atoms with Crippen molar-refractivity contribution >= 4 is 0 Å². The van der Waals surface area contributed by atoms with Crippen LogP contribution >= 0.6 is 0 Å². The van der Waals surface area contributed by atoms with Crippen LogP contribution in [0.15, 0.2) is 24.4 Å². The van der Waals surface area contributed by atoms with Gasteiger partial charge in [0.1, 0.15) is 0 Å². The fraction of sp³-hybridized carbons (Fsp3) is 0.667. The van der Waals surface area contributed by atoms with Gasteiger partial charge < -0.3 is 5.73 Å². The van der Waals surface area contributed by atoms with Crippen molar-refractivity contribution in [3.63, 3.8) is 0 Å². The van der Waals surface area contributed by atoms with E-state index >= 15 is 0 Å². The molecule has 1 aliphatic carbocycles. The zero-order valence-corrected chi connectivity index (χ0v) is 10.7. The molecule has 94 valence electrons.